The lowest BCUT2D eigenvalue weighted by Gasteiger charge is -2.20. The van der Waals surface area contributed by atoms with Gasteiger partial charge < -0.3 is 13.9 Å². The van der Waals surface area contributed by atoms with Crippen LogP contribution in [0.3, 0.4) is 0 Å². The zero-order valence-corrected chi connectivity index (χ0v) is 29.6. The summed E-state index contributed by atoms with van der Waals surface area (Å²) in [6, 6.07) is 60.6. The third-order valence-corrected chi connectivity index (χ3v) is 12.2. The molecule has 10 aromatic rings. The predicted molar refractivity (Wildman–Crippen MR) is 220 cm³/mol. The van der Waals surface area contributed by atoms with E-state index in [2.05, 4.69) is 149 Å². The second-order valence-electron chi connectivity index (χ2n) is 14.1. The van der Waals surface area contributed by atoms with Crippen LogP contribution >= 0.6 is 11.8 Å². The number of nitriles is 1. The number of aromatic nitrogens is 2. The normalized spacial score (nSPS) is 12.5. The van der Waals surface area contributed by atoms with Crippen LogP contribution in [-0.4, -0.2) is 9.13 Å². The molecule has 54 heavy (non-hydrogen) atoms. The topological polar surface area (TPSA) is 42.9 Å². The summed E-state index contributed by atoms with van der Waals surface area (Å²) in [7, 11) is 0. The molecule has 0 amide bonds. The van der Waals surface area contributed by atoms with E-state index in [-0.39, 0.29) is 0 Å². The van der Waals surface area contributed by atoms with E-state index in [9.17, 15) is 5.26 Å². The van der Waals surface area contributed by atoms with Gasteiger partial charge in [-0.15, -0.1) is 0 Å². The first-order chi connectivity index (χ1) is 26.7. The number of ether oxygens (including phenoxy) is 1. The number of rotatable bonds is 3. The number of nitrogens with zero attached hydrogens (tertiary/aromatic N) is 3. The van der Waals surface area contributed by atoms with Crippen molar-refractivity contribution in [1.82, 2.24) is 9.13 Å². The molecule has 5 heteroatoms. The van der Waals surface area contributed by atoms with Crippen molar-refractivity contribution in [3.05, 3.63) is 169 Å². The summed E-state index contributed by atoms with van der Waals surface area (Å²) in [5.74, 6) is 1.73. The molecule has 2 aromatic heterocycles. The van der Waals surface area contributed by atoms with Gasteiger partial charge in [-0.1, -0.05) is 90.6 Å². The van der Waals surface area contributed by atoms with Crippen molar-refractivity contribution in [2.45, 2.75) is 9.79 Å². The molecule has 0 fully saturated rings. The average molecular weight is 706 g/mol. The predicted octanol–water partition coefficient (Wildman–Crippen LogP) is 13.3. The van der Waals surface area contributed by atoms with Crippen molar-refractivity contribution in [2.24, 2.45) is 0 Å². The van der Waals surface area contributed by atoms with Crippen molar-refractivity contribution < 1.29 is 4.74 Å². The molecular weight excluding hydrogens is 679 g/mol. The first kappa shape index (κ1) is 29.6. The summed E-state index contributed by atoms with van der Waals surface area (Å²) >= 11 is 1.84. The smallest absolute Gasteiger partial charge is 0.152 e. The maximum absolute atomic E-state index is 10.2. The van der Waals surface area contributed by atoms with E-state index >= 15 is 0 Å². The van der Waals surface area contributed by atoms with E-state index in [0.717, 1.165) is 61.6 Å². The molecule has 4 heterocycles. The van der Waals surface area contributed by atoms with E-state index in [1.165, 1.54) is 48.1 Å². The van der Waals surface area contributed by atoms with E-state index in [0.29, 0.717) is 5.56 Å². The molecular formula is C49H27N3OS. The van der Waals surface area contributed by atoms with Crippen LogP contribution in [0.2, 0.25) is 0 Å². The highest BCUT2D eigenvalue weighted by Crippen LogP contribution is 2.48. The third-order valence-electron chi connectivity index (χ3n) is 11.1. The summed E-state index contributed by atoms with van der Waals surface area (Å²) in [6.07, 6.45) is 0. The van der Waals surface area contributed by atoms with Crippen LogP contribution < -0.4 is 4.74 Å². The molecule has 0 spiro atoms. The molecule has 0 bridgehead atoms. The molecule has 8 aromatic carbocycles. The maximum atomic E-state index is 10.2. The Morgan fingerprint density at radius 1 is 0.426 bits per heavy atom. The van der Waals surface area contributed by atoms with Crippen LogP contribution in [0.1, 0.15) is 5.56 Å². The minimum atomic E-state index is 0.638. The van der Waals surface area contributed by atoms with Crippen LogP contribution in [0, 0.1) is 11.3 Å². The Morgan fingerprint density at radius 3 is 1.76 bits per heavy atom. The second-order valence-corrected chi connectivity index (χ2v) is 15.2. The number of para-hydroxylation sites is 5. The van der Waals surface area contributed by atoms with E-state index in [1.54, 1.807) is 0 Å². The SMILES string of the molecule is N#Cc1cc(-c2cccc(-c3ccc4c(c3)c3cccc5c3n4-c3ccccc3O5)c2)cc(-c2ccc3c(c2)c2cccc4c2n3-c2ccccc2S4)c1. The summed E-state index contributed by atoms with van der Waals surface area (Å²) in [4.78, 5) is 2.53. The second kappa shape index (κ2) is 11.0. The van der Waals surface area contributed by atoms with Gasteiger partial charge in [0.05, 0.1) is 45.1 Å². The molecule has 0 N–H and O–H groups in total. The molecule has 0 unspecified atom stereocenters. The van der Waals surface area contributed by atoms with Gasteiger partial charge in [-0.25, -0.2) is 0 Å². The summed E-state index contributed by atoms with van der Waals surface area (Å²) < 4.78 is 11.1. The van der Waals surface area contributed by atoms with Crippen molar-refractivity contribution in [1.29, 1.82) is 5.26 Å². The Morgan fingerprint density at radius 2 is 0.981 bits per heavy atom. The van der Waals surface area contributed by atoms with E-state index < -0.39 is 0 Å². The van der Waals surface area contributed by atoms with Gasteiger partial charge in [0.25, 0.3) is 0 Å². The first-order valence-corrected chi connectivity index (χ1v) is 18.9. The van der Waals surface area contributed by atoms with Gasteiger partial charge in [-0.2, -0.15) is 5.26 Å². The number of hydrogen-bond donors (Lipinski definition) is 0. The standard InChI is InChI=1S/C49H27N3OS/c50-28-29-22-34(25-35(23-29)33-19-21-41-39(27-33)37-11-7-17-47-49(37)52(41)43-13-2-4-16-46(43)54-47)31-9-5-8-30(24-31)32-18-20-40-38(26-32)36-10-6-15-45-48(36)51(40)42-12-1-3-14-44(42)53-45/h1-27H. The van der Waals surface area contributed by atoms with Crippen LogP contribution in [-0.2, 0) is 0 Å². The molecule has 4 nitrogen and oxygen atoms in total. The summed E-state index contributed by atoms with van der Waals surface area (Å²) in [5.41, 5.74) is 14.1. The van der Waals surface area contributed by atoms with Crippen LogP contribution in [0.5, 0.6) is 11.5 Å². The average Bonchev–Trinajstić information content (AvgIpc) is 3.75. The van der Waals surface area contributed by atoms with Gasteiger partial charge in [0, 0.05) is 31.3 Å². The fourth-order valence-electron chi connectivity index (χ4n) is 8.70. The molecule has 0 aliphatic carbocycles. The van der Waals surface area contributed by atoms with Gasteiger partial charge in [0.1, 0.15) is 0 Å². The summed E-state index contributed by atoms with van der Waals surface area (Å²) in [5, 5.41) is 15.0. The number of fused-ring (bicyclic) bond motifs is 10. The quantitative estimate of drug-likeness (QED) is 0.184. The highest BCUT2D eigenvalue weighted by Gasteiger charge is 2.25. The Kier molecular flexibility index (Phi) is 6.03. The van der Waals surface area contributed by atoms with E-state index in [1.807, 2.05) is 42.1 Å². The Bertz CT molecular complexity index is 3310. The number of hydrogen-bond acceptors (Lipinski definition) is 3. The van der Waals surface area contributed by atoms with Crippen LogP contribution in [0.15, 0.2) is 174 Å². The molecule has 0 atom stereocenters. The van der Waals surface area contributed by atoms with Gasteiger partial charge in [0.2, 0.25) is 0 Å². The molecule has 0 radical (unpaired) electrons. The monoisotopic (exact) mass is 705 g/mol. The van der Waals surface area contributed by atoms with Crippen molar-refractivity contribution >= 4 is 55.4 Å². The van der Waals surface area contributed by atoms with Gasteiger partial charge in [-0.05, 0) is 118 Å². The molecule has 2 aliphatic heterocycles. The minimum absolute atomic E-state index is 0.638. The third kappa shape index (κ3) is 4.14. The zero-order chi connectivity index (χ0) is 35.5. The first-order valence-electron chi connectivity index (χ1n) is 18.1. The molecule has 2 aliphatic rings. The summed E-state index contributed by atoms with van der Waals surface area (Å²) in [6.45, 7) is 0. The highest BCUT2D eigenvalue weighted by molar-refractivity contribution is 7.99. The van der Waals surface area contributed by atoms with Gasteiger partial charge in [-0.3, -0.25) is 0 Å². The number of benzene rings is 8. The van der Waals surface area contributed by atoms with E-state index in [4.69, 9.17) is 4.74 Å². The Hall–Kier alpha value is -7.00. The van der Waals surface area contributed by atoms with Crippen molar-refractivity contribution in [3.8, 4) is 62.3 Å². The largest absolute Gasteiger partial charge is 0.453 e. The minimum Gasteiger partial charge on any atom is -0.453 e. The fourth-order valence-corrected chi connectivity index (χ4v) is 9.79. The Balaban J connectivity index is 0.976. The lowest BCUT2D eigenvalue weighted by atomic mass is 9.93. The highest BCUT2D eigenvalue weighted by atomic mass is 32.2. The van der Waals surface area contributed by atoms with Gasteiger partial charge in [0.15, 0.2) is 11.5 Å². The zero-order valence-electron chi connectivity index (χ0n) is 28.7. The maximum Gasteiger partial charge on any atom is 0.152 e. The Labute approximate surface area is 314 Å². The van der Waals surface area contributed by atoms with Crippen LogP contribution in [0.25, 0.3) is 88.4 Å². The molecule has 12 rings (SSSR count). The lowest BCUT2D eigenvalue weighted by molar-refractivity contribution is 0.476. The molecule has 0 saturated heterocycles. The molecule has 250 valence electrons. The fraction of sp³-hybridized carbons (Fsp3) is 0. The molecule has 0 saturated carbocycles. The van der Waals surface area contributed by atoms with Crippen LogP contribution in [0.4, 0.5) is 0 Å². The van der Waals surface area contributed by atoms with Crippen molar-refractivity contribution in [2.75, 3.05) is 0 Å². The van der Waals surface area contributed by atoms with Gasteiger partial charge >= 0.3 is 0 Å². The van der Waals surface area contributed by atoms with Crippen molar-refractivity contribution in [3.63, 3.8) is 0 Å². The lowest BCUT2D eigenvalue weighted by Crippen LogP contribution is -2.03.